The Bertz CT molecular complexity index is 880. The van der Waals surface area contributed by atoms with Gasteiger partial charge < -0.3 is 10.1 Å². The standard InChI is InChI=1S/C17H16ClF2N5O3/c18-11-5-9(7-23-16(11)28-8-13(19)20)6-22-15(27)12-3-4-21-17(24-12)25-14(26)10-1-2-10/h3-5,7,10,13H,1-2,6,8H2,(H,22,27)(H,21,24,25,26). The van der Waals surface area contributed by atoms with E-state index in [1.54, 1.807) is 0 Å². The molecule has 2 N–H and O–H groups in total. The van der Waals surface area contributed by atoms with Crippen LogP contribution in [0.1, 0.15) is 28.9 Å². The second-order valence-corrected chi connectivity index (χ2v) is 6.45. The monoisotopic (exact) mass is 411 g/mol. The summed E-state index contributed by atoms with van der Waals surface area (Å²) in [7, 11) is 0. The van der Waals surface area contributed by atoms with Crippen LogP contribution >= 0.6 is 11.6 Å². The average Bonchev–Trinajstić information content (AvgIpc) is 3.50. The number of nitrogens with zero attached hydrogens (tertiary/aromatic N) is 3. The third-order valence-corrected chi connectivity index (χ3v) is 4.01. The summed E-state index contributed by atoms with van der Waals surface area (Å²) in [6, 6.07) is 2.87. The van der Waals surface area contributed by atoms with E-state index >= 15 is 0 Å². The van der Waals surface area contributed by atoms with E-state index in [9.17, 15) is 18.4 Å². The van der Waals surface area contributed by atoms with Crippen LogP contribution in [0.5, 0.6) is 5.88 Å². The number of alkyl halides is 2. The van der Waals surface area contributed by atoms with E-state index in [4.69, 9.17) is 16.3 Å². The van der Waals surface area contributed by atoms with Gasteiger partial charge in [0.25, 0.3) is 12.3 Å². The van der Waals surface area contributed by atoms with Gasteiger partial charge in [0.1, 0.15) is 10.7 Å². The third kappa shape index (κ3) is 5.56. The minimum atomic E-state index is -2.64. The highest BCUT2D eigenvalue weighted by molar-refractivity contribution is 6.31. The van der Waals surface area contributed by atoms with E-state index in [0.717, 1.165) is 12.8 Å². The van der Waals surface area contributed by atoms with Gasteiger partial charge in [-0.1, -0.05) is 11.6 Å². The van der Waals surface area contributed by atoms with Crippen LogP contribution in [0.4, 0.5) is 14.7 Å². The molecule has 1 aliphatic rings. The minimum Gasteiger partial charge on any atom is -0.471 e. The van der Waals surface area contributed by atoms with Crippen molar-refractivity contribution in [3.8, 4) is 5.88 Å². The summed E-state index contributed by atoms with van der Waals surface area (Å²) in [5, 5.41) is 5.25. The molecule has 8 nitrogen and oxygen atoms in total. The molecule has 0 atom stereocenters. The molecule has 2 amide bonds. The van der Waals surface area contributed by atoms with E-state index in [1.807, 2.05) is 0 Å². The summed E-state index contributed by atoms with van der Waals surface area (Å²) in [6.45, 7) is -0.732. The maximum atomic E-state index is 12.3. The number of hydrogen-bond acceptors (Lipinski definition) is 6. The van der Waals surface area contributed by atoms with Crippen molar-refractivity contribution in [2.45, 2.75) is 25.8 Å². The molecule has 1 fully saturated rings. The summed E-state index contributed by atoms with van der Waals surface area (Å²) >= 11 is 5.94. The Hall–Kier alpha value is -2.88. The van der Waals surface area contributed by atoms with Crippen LogP contribution in [0.25, 0.3) is 0 Å². The number of ether oxygens (including phenoxy) is 1. The Morgan fingerprint density at radius 2 is 2.11 bits per heavy atom. The highest BCUT2D eigenvalue weighted by Gasteiger charge is 2.30. The van der Waals surface area contributed by atoms with Crippen LogP contribution in [-0.2, 0) is 11.3 Å². The van der Waals surface area contributed by atoms with Gasteiger partial charge in [0, 0.05) is 24.9 Å². The van der Waals surface area contributed by atoms with Crippen molar-refractivity contribution in [2.75, 3.05) is 11.9 Å². The lowest BCUT2D eigenvalue weighted by Crippen LogP contribution is -2.25. The number of pyridine rings is 1. The van der Waals surface area contributed by atoms with Gasteiger partial charge >= 0.3 is 0 Å². The van der Waals surface area contributed by atoms with Gasteiger partial charge in [-0.2, -0.15) is 0 Å². The molecular formula is C17H16ClF2N5O3. The second kappa shape index (κ2) is 8.87. The van der Waals surface area contributed by atoms with E-state index in [-0.39, 0.29) is 40.9 Å². The number of aromatic nitrogens is 3. The first-order valence-corrected chi connectivity index (χ1v) is 8.77. The molecule has 0 radical (unpaired) electrons. The van der Waals surface area contributed by atoms with Crippen molar-refractivity contribution < 1.29 is 23.1 Å². The predicted octanol–water partition coefficient (Wildman–Crippen LogP) is 2.45. The highest BCUT2D eigenvalue weighted by Crippen LogP contribution is 2.29. The van der Waals surface area contributed by atoms with E-state index in [1.165, 1.54) is 24.5 Å². The maximum absolute atomic E-state index is 12.3. The average molecular weight is 412 g/mol. The molecule has 2 aromatic heterocycles. The Kier molecular flexibility index (Phi) is 6.30. The summed E-state index contributed by atoms with van der Waals surface area (Å²) in [4.78, 5) is 35.8. The molecule has 1 saturated carbocycles. The van der Waals surface area contributed by atoms with E-state index in [2.05, 4.69) is 25.6 Å². The first kappa shape index (κ1) is 19.9. The minimum absolute atomic E-state index is 0.00836. The summed E-state index contributed by atoms with van der Waals surface area (Å²) in [5.74, 6) is -0.699. The van der Waals surface area contributed by atoms with Crippen molar-refractivity contribution in [3.63, 3.8) is 0 Å². The van der Waals surface area contributed by atoms with Crippen LogP contribution in [-0.4, -0.2) is 39.8 Å². The zero-order chi connectivity index (χ0) is 20.1. The van der Waals surface area contributed by atoms with E-state index < -0.39 is 18.9 Å². The molecule has 0 aromatic carbocycles. The molecule has 0 unspecified atom stereocenters. The number of carbonyl (C=O) groups is 2. The number of halogens is 3. The largest absolute Gasteiger partial charge is 0.471 e. The number of hydrogen-bond donors (Lipinski definition) is 2. The van der Waals surface area contributed by atoms with Gasteiger partial charge in [-0.25, -0.2) is 23.7 Å². The quantitative estimate of drug-likeness (QED) is 0.691. The summed E-state index contributed by atoms with van der Waals surface area (Å²) in [6.07, 6.45) is 1.78. The lowest BCUT2D eigenvalue weighted by molar-refractivity contribution is -0.117. The molecule has 0 spiro atoms. The van der Waals surface area contributed by atoms with Gasteiger partial charge in [0.2, 0.25) is 17.7 Å². The van der Waals surface area contributed by atoms with Crippen molar-refractivity contribution in [1.82, 2.24) is 20.3 Å². The number of nitrogens with one attached hydrogen (secondary N) is 2. The SMILES string of the molecule is O=C(NCc1cnc(OCC(F)F)c(Cl)c1)c1ccnc(NC(=O)C2CC2)n1. The van der Waals surface area contributed by atoms with Gasteiger partial charge in [-0.05, 0) is 30.5 Å². The fraction of sp³-hybridized carbons (Fsp3) is 0.353. The number of amides is 2. The van der Waals surface area contributed by atoms with Crippen LogP contribution in [0.15, 0.2) is 24.5 Å². The molecule has 1 aliphatic carbocycles. The maximum Gasteiger partial charge on any atom is 0.272 e. The first-order chi connectivity index (χ1) is 13.4. The molecule has 2 heterocycles. The number of rotatable bonds is 8. The predicted molar refractivity (Wildman–Crippen MR) is 95.3 cm³/mol. The highest BCUT2D eigenvalue weighted by atomic mass is 35.5. The summed E-state index contributed by atoms with van der Waals surface area (Å²) in [5.41, 5.74) is 0.621. The zero-order valence-corrected chi connectivity index (χ0v) is 15.2. The smallest absolute Gasteiger partial charge is 0.272 e. The Labute approximate surface area is 163 Å². The molecule has 0 bridgehead atoms. The molecule has 0 aliphatic heterocycles. The van der Waals surface area contributed by atoms with Gasteiger partial charge in [-0.15, -0.1) is 0 Å². The summed E-state index contributed by atoms with van der Waals surface area (Å²) < 4.78 is 29.1. The van der Waals surface area contributed by atoms with Gasteiger partial charge in [0.05, 0.1) is 0 Å². The van der Waals surface area contributed by atoms with Crippen molar-refractivity contribution in [2.24, 2.45) is 5.92 Å². The Morgan fingerprint density at radius 3 is 2.79 bits per heavy atom. The number of carbonyl (C=O) groups excluding carboxylic acids is 2. The Balaban J connectivity index is 1.56. The molecule has 148 valence electrons. The van der Waals surface area contributed by atoms with Crippen LogP contribution < -0.4 is 15.4 Å². The van der Waals surface area contributed by atoms with Crippen LogP contribution in [0.2, 0.25) is 5.02 Å². The molecular weight excluding hydrogens is 396 g/mol. The molecule has 28 heavy (non-hydrogen) atoms. The van der Waals surface area contributed by atoms with Crippen molar-refractivity contribution in [1.29, 1.82) is 0 Å². The lowest BCUT2D eigenvalue weighted by Gasteiger charge is -2.09. The molecule has 11 heteroatoms. The van der Waals surface area contributed by atoms with Gasteiger partial charge in [-0.3, -0.25) is 14.9 Å². The van der Waals surface area contributed by atoms with Crippen molar-refractivity contribution >= 4 is 29.4 Å². The fourth-order valence-corrected chi connectivity index (χ4v) is 2.43. The van der Waals surface area contributed by atoms with Crippen molar-refractivity contribution in [3.05, 3.63) is 40.8 Å². The molecule has 3 rings (SSSR count). The Morgan fingerprint density at radius 1 is 1.32 bits per heavy atom. The number of anilines is 1. The second-order valence-electron chi connectivity index (χ2n) is 6.04. The fourth-order valence-electron chi connectivity index (χ4n) is 2.19. The van der Waals surface area contributed by atoms with E-state index in [0.29, 0.717) is 5.56 Å². The third-order valence-electron chi connectivity index (χ3n) is 3.73. The first-order valence-electron chi connectivity index (χ1n) is 8.40. The molecule has 0 saturated heterocycles. The van der Waals surface area contributed by atoms with Crippen LogP contribution in [0.3, 0.4) is 0 Å². The normalized spacial score (nSPS) is 13.3. The van der Waals surface area contributed by atoms with Gasteiger partial charge in [0.15, 0.2) is 6.61 Å². The zero-order valence-electron chi connectivity index (χ0n) is 14.5. The lowest BCUT2D eigenvalue weighted by atomic mass is 10.2. The molecule has 2 aromatic rings. The topological polar surface area (TPSA) is 106 Å². The van der Waals surface area contributed by atoms with Crippen LogP contribution in [0, 0.1) is 5.92 Å².